The van der Waals surface area contributed by atoms with Crippen LogP contribution in [0.4, 0.5) is 31.1 Å². The van der Waals surface area contributed by atoms with Crippen molar-refractivity contribution in [1.29, 1.82) is 0 Å². The minimum Gasteiger partial charge on any atom is -0.481 e. The standard InChI is InChI=1S/C26H23F6N3O6/c27-25(28,29)17-8-16(9-18(10-17)26(30,31)32)14-41-24(40)34-7-6-21(36)35-19(11-22(37)38)23(39)33(13-20(34)35)12-15-4-2-1-3-5-15/h1-5,8-10,19-20H,6-7,11-14H2,(H,37,38)/t19-,20+/m0/s1. The van der Waals surface area contributed by atoms with E-state index in [0.29, 0.717) is 17.7 Å². The van der Waals surface area contributed by atoms with Gasteiger partial charge in [0.05, 0.1) is 24.1 Å². The number of carbonyl (C=O) groups excluding carboxylic acids is 3. The highest BCUT2D eigenvalue weighted by Gasteiger charge is 2.49. The highest BCUT2D eigenvalue weighted by molar-refractivity contribution is 5.93. The van der Waals surface area contributed by atoms with Crippen molar-refractivity contribution in [2.75, 3.05) is 13.1 Å². The summed E-state index contributed by atoms with van der Waals surface area (Å²) in [5.41, 5.74) is -3.04. The fraction of sp³-hybridized carbons (Fsp3) is 0.385. The van der Waals surface area contributed by atoms with E-state index in [1.165, 1.54) is 4.90 Å². The number of piperazine rings is 1. The number of alkyl halides is 6. The average molecular weight is 587 g/mol. The summed E-state index contributed by atoms with van der Waals surface area (Å²) in [7, 11) is 0. The molecule has 4 rings (SSSR count). The van der Waals surface area contributed by atoms with Gasteiger partial charge in [-0.2, -0.15) is 26.3 Å². The van der Waals surface area contributed by atoms with Crippen molar-refractivity contribution in [3.05, 3.63) is 70.8 Å². The summed E-state index contributed by atoms with van der Waals surface area (Å²) in [5, 5.41) is 9.41. The first-order chi connectivity index (χ1) is 19.1. The SMILES string of the molecule is O=C(O)C[C@H]1C(=O)N(Cc2ccccc2)C[C@@H]2N(C(=O)OCc3cc(C(F)(F)F)cc(C(F)(F)F)c3)CCC(=O)N21. The molecule has 1 N–H and O–H groups in total. The monoisotopic (exact) mass is 587 g/mol. The van der Waals surface area contributed by atoms with Crippen molar-refractivity contribution in [3.8, 4) is 0 Å². The Labute approximate surface area is 228 Å². The maximum Gasteiger partial charge on any atom is 0.416 e. The Kier molecular flexibility index (Phi) is 8.17. The normalized spacial score (nSPS) is 19.7. The molecule has 0 aromatic heterocycles. The summed E-state index contributed by atoms with van der Waals surface area (Å²) >= 11 is 0. The molecule has 2 saturated heterocycles. The third-order valence-electron chi connectivity index (χ3n) is 6.68. The second-order valence-corrected chi connectivity index (χ2v) is 9.51. The molecule has 0 unspecified atom stereocenters. The number of carboxylic acid groups (broad SMARTS) is 1. The van der Waals surface area contributed by atoms with Crippen LogP contribution in [0, 0.1) is 0 Å². The quantitative estimate of drug-likeness (QED) is 0.510. The zero-order chi connectivity index (χ0) is 30.1. The summed E-state index contributed by atoms with van der Waals surface area (Å²) in [6.07, 6.45) is -13.6. The lowest BCUT2D eigenvalue weighted by molar-refractivity contribution is -0.171. The van der Waals surface area contributed by atoms with E-state index in [4.69, 9.17) is 4.74 Å². The maximum atomic E-state index is 13.2. The second-order valence-electron chi connectivity index (χ2n) is 9.51. The number of carbonyl (C=O) groups is 4. The zero-order valence-electron chi connectivity index (χ0n) is 21.1. The first-order valence-corrected chi connectivity index (χ1v) is 12.2. The molecule has 2 heterocycles. The van der Waals surface area contributed by atoms with Gasteiger partial charge in [-0.1, -0.05) is 30.3 Å². The van der Waals surface area contributed by atoms with Crippen LogP contribution in [0.25, 0.3) is 0 Å². The van der Waals surface area contributed by atoms with Crippen LogP contribution in [0.3, 0.4) is 0 Å². The van der Waals surface area contributed by atoms with Gasteiger partial charge >= 0.3 is 24.4 Å². The first-order valence-electron chi connectivity index (χ1n) is 12.2. The Morgan fingerprint density at radius 3 is 2.10 bits per heavy atom. The fourth-order valence-corrected chi connectivity index (χ4v) is 4.84. The number of fused-ring (bicyclic) bond motifs is 1. The van der Waals surface area contributed by atoms with Gasteiger partial charge in [0.25, 0.3) is 0 Å². The van der Waals surface area contributed by atoms with Crippen molar-refractivity contribution >= 4 is 23.9 Å². The summed E-state index contributed by atoms with van der Waals surface area (Å²) in [6.45, 7) is -1.38. The van der Waals surface area contributed by atoms with E-state index in [-0.39, 0.29) is 32.1 Å². The number of benzene rings is 2. The Balaban J connectivity index is 1.59. The lowest BCUT2D eigenvalue weighted by Gasteiger charge is -2.51. The fourth-order valence-electron chi connectivity index (χ4n) is 4.84. The molecule has 0 bridgehead atoms. The van der Waals surface area contributed by atoms with Gasteiger partial charge < -0.3 is 19.6 Å². The molecule has 9 nitrogen and oxygen atoms in total. The van der Waals surface area contributed by atoms with Crippen LogP contribution in [0.15, 0.2) is 48.5 Å². The van der Waals surface area contributed by atoms with Gasteiger partial charge in [-0.25, -0.2) is 4.79 Å². The molecule has 2 aliphatic rings. The number of amides is 3. The molecule has 0 spiro atoms. The molecule has 220 valence electrons. The van der Waals surface area contributed by atoms with Crippen molar-refractivity contribution < 1.29 is 55.4 Å². The Morgan fingerprint density at radius 2 is 1.54 bits per heavy atom. The van der Waals surface area contributed by atoms with E-state index in [0.717, 1.165) is 9.80 Å². The molecule has 0 aliphatic carbocycles. The topological polar surface area (TPSA) is 107 Å². The molecule has 2 aromatic rings. The number of aliphatic carboxylic acids is 1. The molecule has 2 atom stereocenters. The van der Waals surface area contributed by atoms with Gasteiger partial charge in [-0.05, 0) is 29.3 Å². The van der Waals surface area contributed by atoms with Gasteiger partial charge in [0, 0.05) is 19.5 Å². The van der Waals surface area contributed by atoms with Crippen molar-refractivity contribution in [2.24, 2.45) is 0 Å². The summed E-state index contributed by atoms with van der Waals surface area (Å²) in [4.78, 5) is 53.9. The molecule has 3 amide bonds. The van der Waals surface area contributed by atoms with Crippen LogP contribution in [-0.2, 0) is 44.6 Å². The van der Waals surface area contributed by atoms with Crippen LogP contribution in [-0.4, -0.2) is 69.0 Å². The predicted molar refractivity (Wildman–Crippen MR) is 126 cm³/mol. The number of hydrogen-bond acceptors (Lipinski definition) is 5. The lowest BCUT2D eigenvalue weighted by atomic mass is 10.0. The summed E-state index contributed by atoms with van der Waals surface area (Å²) in [5.74, 6) is -2.62. The third kappa shape index (κ3) is 6.72. The Bertz CT molecular complexity index is 1300. The number of hydrogen-bond donors (Lipinski definition) is 1. The summed E-state index contributed by atoms with van der Waals surface area (Å²) < 4.78 is 84.3. The number of nitrogens with zero attached hydrogens (tertiary/aromatic N) is 3. The van der Waals surface area contributed by atoms with E-state index in [2.05, 4.69) is 0 Å². The van der Waals surface area contributed by atoms with Gasteiger partial charge in [-0.15, -0.1) is 0 Å². The average Bonchev–Trinajstić information content (AvgIpc) is 2.89. The number of ether oxygens (including phenoxy) is 1. The lowest BCUT2D eigenvalue weighted by Crippen LogP contribution is -2.71. The molecule has 0 saturated carbocycles. The van der Waals surface area contributed by atoms with Crippen LogP contribution in [0.1, 0.15) is 35.1 Å². The Morgan fingerprint density at radius 1 is 0.927 bits per heavy atom. The third-order valence-corrected chi connectivity index (χ3v) is 6.68. The second kappa shape index (κ2) is 11.3. The van der Waals surface area contributed by atoms with Crippen LogP contribution < -0.4 is 0 Å². The van der Waals surface area contributed by atoms with Crippen molar-refractivity contribution in [2.45, 2.75) is 50.6 Å². The molecular weight excluding hydrogens is 564 g/mol. The van der Waals surface area contributed by atoms with Gasteiger partial charge in [-0.3, -0.25) is 19.3 Å². The predicted octanol–water partition coefficient (Wildman–Crippen LogP) is 4.11. The smallest absolute Gasteiger partial charge is 0.416 e. The van der Waals surface area contributed by atoms with Crippen LogP contribution >= 0.6 is 0 Å². The molecule has 2 aromatic carbocycles. The highest BCUT2D eigenvalue weighted by atomic mass is 19.4. The van der Waals surface area contributed by atoms with E-state index >= 15 is 0 Å². The molecule has 2 aliphatic heterocycles. The van der Waals surface area contributed by atoms with Gasteiger partial charge in [0.15, 0.2) is 0 Å². The van der Waals surface area contributed by atoms with Crippen LogP contribution in [0.2, 0.25) is 0 Å². The van der Waals surface area contributed by atoms with Crippen LogP contribution in [0.5, 0.6) is 0 Å². The number of rotatable bonds is 6. The number of halogens is 6. The van der Waals surface area contributed by atoms with E-state index < -0.39 is 78.2 Å². The largest absolute Gasteiger partial charge is 0.481 e. The van der Waals surface area contributed by atoms with E-state index in [9.17, 15) is 50.6 Å². The summed E-state index contributed by atoms with van der Waals surface area (Å²) in [6, 6.07) is 7.97. The van der Waals surface area contributed by atoms with Crippen molar-refractivity contribution in [1.82, 2.24) is 14.7 Å². The number of carboxylic acids is 1. The molecule has 2 fully saturated rings. The van der Waals surface area contributed by atoms with E-state index in [1.807, 2.05) is 0 Å². The Hall–Kier alpha value is -4.30. The molecule has 15 heteroatoms. The highest BCUT2D eigenvalue weighted by Crippen LogP contribution is 2.36. The molecule has 41 heavy (non-hydrogen) atoms. The maximum absolute atomic E-state index is 13.2. The van der Waals surface area contributed by atoms with E-state index in [1.54, 1.807) is 30.3 Å². The zero-order valence-corrected chi connectivity index (χ0v) is 21.1. The van der Waals surface area contributed by atoms with Gasteiger partial charge in [0.1, 0.15) is 18.8 Å². The minimum absolute atomic E-state index is 0.0294. The first kappa shape index (κ1) is 29.7. The molecule has 0 radical (unpaired) electrons. The van der Waals surface area contributed by atoms with Crippen molar-refractivity contribution in [3.63, 3.8) is 0 Å². The molecular formula is C26H23F6N3O6. The van der Waals surface area contributed by atoms with Gasteiger partial charge in [0.2, 0.25) is 11.8 Å². The minimum atomic E-state index is -5.09.